The molecule has 2 aromatic carbocycles. The number of carbonyl (C=O) groups excluding carboxylic acids is 1. The molecule has 0 unspecified atom stereocenters. The largest absolute Gasteiger partial charge is 0.371 e. The third-order valence-corrected chi connectivity index (χ3v) is 5.57. The molecule has 0 spiro atoms. The second-order valence-electron chi connectivity index (χ2n) is 7.38. The number of rotatable bonds is 4. The Balaban J connectivity index is 1.32. The number of aryl methyl sites for hydroxylation is 1. The Hall–Kier alpha value is -2.37. The van der Waals surface area contributed by atoms with E-state index in [9.17, 15) is 4.79 Å². The van der Waals surface area contributed by atoms with Crippen LogP contribution in [0.15, 0.2) is 54.6 Å². The van der Waals surface area contributed by atoms with E-state index in [4.69, 9.17) is 4.74 Å². The molecular weight excluding hydrogens is 338 g/mol. The van der Waals surface area contributed by atoms with E-state index < -0.39 is 0 Å². The van der Waals surface area contributed by atoms with Gasteiger partial charge in [0.1, 0.15) is 0 Å². The third kappa shape index (κ3) is 4.15. The van der Waals surface area contributed by atoms with Crippen molar-refractivity contribution in [2.24, 2.45) is 0 Å². The van der Waals surface area contributed by atoms with Gasteiger partial charge in [0.05, 0.1) is 12.7 Å². The molecule has 2 saturated heterocycles. The molecule has 2 aromatic rings. The van der Waals surface area contributed by atoms with Crippen LogP contribution in [0.25, 0.3) is 0 Å². The lowest BCUT2D eigenvalue weighted by atomic mass is 10.1. The molecular formula is C22H27N3O2. The Morgan fingerprint density at radius 1 is 1.11 bits per heavy atom. The first kappa shape index (κ1) is 18.0. The molecule has 2 fully saturated rings. The van der Waals surface area contributed by atoms with Crippen LogP contribution in [0.5, 0.6) is 0 Å². The van der Waals surface area contributed by atoms with Gasteiger partial charge in [0, 0.05) is 30.9 Å². The maximum Gasteiger partial charge on any atom is 0.319 e. The molecule has 0 bridgehead atoms. The van der Waals surface area contributed by atoms with Crippen molar-refractivity contribution in [3.63, 3.8) is 0 Å². The summed E-state index contributed by atoms with van der Waals surface area (Å²) in [5.41, 5.74) is 3.26. The second-order valence-corrected chi connectivity index (χ2v) is 7.38. The normalized spacial score (nSPS) is 25.0. The summed E-state index contributed by atoms with van der Waals surface area (Å²) in [6.07, 6.45) is 1.95. The number of fused-ring (bicyclic) bond motifs is 1. The fourth-order valence-corrected chi connectivity index (χ4v) is 4.14. The smallest absolute Gasteiger partial charge is 0.319 e. The average Bonchev–Trinajstić information content (AvgIpc) is 3.10. The van der Waals surface area contributed by atoms with E-state index in [1.807, 2.05) is 30.3 Å². The summed E-state index contributed by atoms with van der Waals surface area (Å²) in [4.78, 5) is 14.9. The van der Waals surface area contributed by atoms with Gasteiger partial charge in [-0.3, -0.25) is 4.90 Å². The summed E-state index contributed by atoms with van der Waals surface area (Å²) in [5, 5.41) is 6.15. The van der Waals surface area contributed by atoms with Crippen molar-refractivity contribution in [1.29, 1.82) is 0 Å². The summed E-state index contributed by atoms with van der Waals surface area (Å²) in [7, 11) is 0. The van der Waals surface area contributed by atoms with Crippen molar-refractivity contribution in [1.82, 2.24) is 10.2 Å². The maximum atomic E-state index is 12.5. The lowest BCUT2D eigenvalue weighted by Crippen LogP contribution is -2.43. The molecule has 2 N–H and O–H groups in total. The highest BCUT2D eigenvalue weighted by Gasteiger charge is 2.38. The Bertz CT molecular complexity index is 780. The van der Waals surface area contributed by atoms with Gasteiger partial charge in [0.15, 0.2) is 0 Å². The number of nitrogens with zero attached hydrogens (tertiary/aromatic N) is 1. The molecule has 0 radical (unpaired) electrons. The maximum absolute atomic E-state index is 12.5. The average molecular weight is 365 g/mol. The number of benzene rings is 2. The molecule has 2 aliphatic heterocycles. The minimum absolute atomic E-state index is 0.117. The van der Waals surface area contributed by atoms with Crippen molar-refractivity contribution < 1.29 is 9.53 Å². The predicted octanol–water partition coefficient (Wildman–Crippen LogP) is 3.58. The van der Waals surface area contributed by atoms with E-state index in [0.717, 1.165) is 43.8 Å². The number of nitrogens with one attached hydrogen (secondary N) is 2. The molecule has 3 atom stereocenters. The summed E-state index contributed by atoms with van der Waals surface area (Å²) < 4.78 is 6.09. The van der Waals surface area contributed by atoms with Crippen molar-refractivity contribution >= 4 is 11.7 Å². The van der Waals surface area contributed by atoms with E-state index in [0.29, 0.717) is 6.04 Å². The van der Waals surface area contributed by atoms with E-state index in [2.05, 4.69) is 46.7 Å². The van der Waals surface area contributed by atoms with Gasteiger partial charge in [-0.1, -0.05) is 55.5 Å². The van der Waals surface area contributed by atoms with E-state index in [-0.39, 0.29) is 18.2 Å². The summed E-state index contributed by atoms with van der Waals surface area (Å²) >= 11 is 0. The van der Waals surface area contributed by atoms with Gasteiger partial charge >= 0.3 is 6.03 Å². The number of ether oxygens (including phenoxy) is 1. The summed E-state index contributed by atoms with van der Waals surface area (Å²) in [5.74, 6) is 0. The highest BCUT2D eigenvalue weighted by Crippen LogP contribution is 2.30. The van der Waals surface area contributed by atoms with Crippen molar-refractivity contribution in [2.75, 3.05) is 25.0 Å². The Morgan fingerprint density at radius 3 is 2.70 bits per heavy atom. The topological polar surface area (TPSA) is 53.6 Å². The quantitative estimate of drug-likeness (QED) is 0.871. The lowest BCUT2D eigenvalue weighted by molar-refractivity contribution is -0.0502. The summed E-state index contributed by atoms with van der Waals surface area (Å²) in [6.45, 7) is 4.57. The minimum Gasteiger partial charge on any atom is -0.371 e. The monoisotopic (exact) mass is 365 g/mol. The number of amides is 2. The van der Waals surface area contributed by atoms with Crippen LogP contribution in [0.2, 0.25) is 0 Å². The highest BCUT2D eigenvalue weighted by atomic mass is 16.5. The van der Waals surface area contributed by atoms with Crippen LogP contribution in [-0.4, -0.2) is 42.7 Å². The first-order valence-electron chi connectivity index (χ1n) is 9.79. The van der Waals surface area contributed by atoms with Crippen LogP contribution in [0, 0.1) is 0 Å². The molecule has 2 amide bonds. The van der Waals surface area contributed by atoms with Gasteiger partial charge < -0.3 is 15.4 Å². The highest BCUT2D eigenvalue weighted by molar-refractivity contribution is 5.90. The van der Waals surface area contributed by atoms with Crippen LogP contribution < -0.4 is 10.6 Å². The zero-order valence-corrected chi connectivity index (χ0v) is 15.7. The second kappa shape index (κ2) is 8.11. The molecule has 5 nitrogen and oxygen atoms in total. The number of para-hydroxylation sites is 1. The van der Waals surface area contributed by atoms with Crippen LogP contribution in [0.4, 0.5) is 10.5 Å². The standard InChI is InChI=1S/C22H27N3O2/c1-2-16-8-6-7-11-20(16)24-22(26)23-18-12-19-15-27-21(14-25(19)13-18)17-9-4-3-5-10-17/h3-11,18-19,21H,2,12-15H2,1H3,(H2,23,24,26)/t18-,19+,21-/m1/s1. The van der Waals surface area contributed by atoms with Crippen LogP contribution in [0.3, 0.4) is 0 Å². The zero-order valence-electron chi connectivity index (χ0n) is 15.7. The predicted molar refractivity (Wildman–Crippen MR) is 107 cm³/mol. The zero-order chi connectivity index (χ0) is 18.6. The number of hydrogen-bond donors (Lipinski definition) is 2. The van der Waals surface area contributed by atoms with Crippen molar-refractivity contribution in [3.05, 3.63) is 65.7 Å². The van der Waals surface area contributed by atoms with Gasteiger partial charge in [0.2, 0.25) is 0 Å². The third-order valence-electron chi connectivity index (χ3n) is 5.57. The van der Waals surface area contributed by atoms with Crippen molar-refractivity contribution in [2.45, 2.75) is 38.0 Å². The van der Waals surface area contributed by atoms with E-state index >= 15 is 0 Å². The fourth-order valence-electron chi connectivity index (χ4n) is 4.14. The number of carbonyl (C=O) groups is 1. The lowest BCUT2D eigenvalue weighted by Gasteiger charge is -2.35. The Morgan fingerprint density at radius 2 is 1.89 bits per heavy atom. The van der Waals surface area contributed by atoms with E-state index in [1.54, 1.807) is 0 Å². The first-order chi connectivity index (χ1) is 13.2. The summed E-state index contributed by atoms with van der Waals surface area (Å²) in [6, 6.07) is 18.7. The molecule has 4 rings (SSSR count). The molecule has 0 saturated carbocycles. The molecule has 0 aliphatic carbocycles. The Labute approximate surface area is 160 Å². The molecule has 142 valence electrons. The van der Waals surface area contributed by atoms with Gasteiger partial charge in [-0.25, -0.2) is 4.79 Å². The van der Waals surface area contributed by atoms with Crippen LogP contribution >= 0.6 is 0 Å². The van der Waals surface area contributed by atoms with Crippen LogP contribution in [-0.2, 0) is 11.2 Å². The first-order valence-corrected chi connectivity index (χ1v) is 9.79. The molecule has 5 heteroatoms. The van der Waals surface area contributed by atoms with Gasteiger partial charge in [0.25, 0.3) is 0 Å². The number of anilines is 1. The number of morpholine rings is 1. The molecule has 2 heterocycles. The van der Waals surface area contributed by atoms with Crippen molar-refractivity contribution in [3.8, 4) is 0 Å². The van der Waals surface area contributed by atoms with Gasteiger partial charge in [-0.2, -0.15) is 0 Å². The van der Waals surface area contributed by atoms with Gasteiger partial charge in [-0.05, 0) is 30.0 Å². The molecule has 2 aliphatic rings. The minimum atomic E-state index is -0.124. The molecule has 0 aromatic heterocycles. The molecule has 27 heavy (non-hydrogen) atoms. The number of hydrogen-bond acceptors (Lipinski definition) is 3. The fraction of sp³-hybridized carbons (Fsp3) is 0.409. The van der Waals surface area contributed by atoms with E-state index in [1.165, 1.54) is 5.56 Å². The van der Waals surface area contributed by atoms with Crippen LogP contribution in [0.1, 0.15) is 30.6 Å². The Kier molecular flexibility index (Phi) is 5.41. The number of urea groups is 1. The van der Waals surface area contributed by atoms with Gasteiger partial charge in [-0.15, -0.1) is 0 Å². The SMILES string of the molecule is CCc1ccccc1NC(=O)N[C@@H]1C[C@H]2CO[C@@H](c3ccccc3)CN2C1.